The molecule has 7 nitrogen and oxygen atoms in total. The number of carbonyl (C=O) groups is 2. The molecule has 2 aromatic carbocycles. The van der Waals surface area contributed by atoms with Crippen molar-refractivity contribution in [3.63, 3.8) is 0 Å². The number of hydrogen-bond donors (Lipinski definition) is 2. The molecule has 0 spiro atoms. The molecular formula is C26H31Cl2N5O2. The van der Waals surface area contributed by atoms with Crippen LogP contribution in [0.3, 0.4) is 0 Å². The van der Waals surface area contributed by atoms with Gasteiger partial charge in [-0.25, -0.2) is 9.48 Å². The minimum absolute atomic E-state index is 0.123. The van der Waals surface area contributed by atoms with E-state index < -0.39 is 6.03 Å². The first-order valence-electron chi connectivity index (χ1n) is 11.5. The van der Waals surface area contributed by atoms with Crippen molar-refractivity contribution in [2.45, 2.75) is 46.0 Å². The van der Waals surface area contributed by atoms with Crippen LogP contribution in [0.25, 0.3) is 5.69 Å². The van der Waals surface area contributed by atoms with Gasteiger partial charge < -0.3 is 15.5 Å². The quantitative estimate of drug-likeness (QED) is 0.348. The fourth-order valence-electron chi connectivity index (χ4n) is 3.34. The van der Waals surface area contributed by atoms with Crippen molar-refractivity contribution in [2.75, 3.05) is 23.7 Å². The van der Waals surface area contributed by atoms with E-state index in [1.54, 1.807) is 22.9 Å². The highest BCUT2D eigenvalue weighted by Crippen LogP contribution is 2.27. The van der Waals surface area contributed by atoms with E-state index in [0.29, 0.717) is 28.1 Å². The van der Waals surface area contributed by atoms with Crippen LogP contribution in [0, 0.1) is 0 Å². The minimum Gasteiger partial charge on any atom is -0.315 e. The van der Waals surface area contributed by atoms with E-state index in [-0.39, 0.29) is 17.9 Å². The van der Waals surface area contributed by atoms with Gasteiger partial charge in [0.25, 0.3) is 0 Å². The lowest BCUT2D eigenvalue weighted by Crippen LogP contribution is -2.41. The van der Waals surface area contributed by atoms with Crippen molar-refractivity contribution in [1.29, 1.82) is 0 Å². The third-order valence-electron chi connectivity index (χ3n) is 5.32. The topological polar surface area (TPSA) is 79.3 Å². The molecule has 0 aliphatic heterocycles. The Kier molecular flexibility index (Phi) is 8.81. The smallest absolute Gasteiger partial charge is 0.315 e. The number of aromatic nitrogens is 2. The van der Waals surface area contributed by atoms with Crippen LogP contribution in [0.4, 0.5) is 16.3 Å². The fraction of sp³-hybridized carbons (Fsp3) is 0.346. The Balaban J connectivity index is 1.79. The summed E-state index contributed by atoms with van der Waals surface area (Å²) < 4.78 is 1.71. The number of benzene rings is 2. The van der Waals surface area contributed by atoms with Gasteiger partial charge in [0.05, 0.1) is 22.1 Å². The summed E-state index contributed by atoms with van der Waals surface area (Å²) in [5.74, 6) is 0.221. The number of hydrogen-bond acceptors (Lipinski definition) is 3. The van der Waals surface area contributed by atoms with E-state index in [4.69, 9.17) is 28.3 Å². The Morgan fingerprint density at radius 2 is 1.74 bits per heavy atom. The molecule has 0 unspecified atom stereocenters. The zero-order valence-electron chi connectivity index (χ0n) is 20.4. The Hall–Kier alpha value is -3.03. The number of anilines is 2. The fourth-order valence-corrected chi connectivity index (χ4v) is 3.80. The molecule has 1 aromatic heterocycles. The van der Waals surface area contributed by atoms with E-state index in [9.17, 15) is 9.59 Å². The van der Waals surface area contributed by atoms with Gasteiger partial charge in [0.1, 0.15) is 12.4 Å². The summed E-state index contributed by atoms with van der Waals surface area (Å²) in [6, 6.07) is 15.9. The maximum absolute atomic E-state index is 13.1. The molecule has 0 radical (unpaired) electrons. The number of halogens is 2. The second-order valence-electron chi connectivity index (χ2n) is 9.29. The van der Waals surface area contributed by atoms with Crippen molar-refractivity contribution in [3.05, 3.63) is 70.3 Å². The maximum Gasteiger partial charge on any atom is 0.322 e. The third kappa shape index (κ3) is 7.23. The van der Waals surface area contributed by atoms with Crippen LogP contribution in [0.5, 0.6) is 0 Å². The number of amides is 3. The maximum atomic E-state index is 13.1. The van der Waals surface area contributed by atoms with Crippen molar-refractivity contribution in [2.24, 2.45) is 0 Å². The van der Waals surface area contributed by atoms with Crippen LogP contribution in [0.15, 0.2) is 54.6 Å². The van der Waals surface area contributed by atoms with Gasteiger partial charge in [-0.15, -0.1) is 0 Å². The Morgan fingerprint density at radius 3 is 2.37 bits per heavy atom. The SMILES string of the molecule is CCCCN(CC(=O)Nc1cc(C(C)(C)C)nn1-c1ccccc1)C(=O)Nc1ccc(Cl)cc1Cl. The lowest BCUT2D eigenvalue weighted by atomic mass is 9.92. The predicted octanol–water partition coefficient (Wildman–Crippen LogP) is 6.75. The first kappa shape index (κ1) is 26.6. The third-order valence-corrected chi connectivity index (χ3v) is 5.87. The summed E-state index contributed by atoms with van der Waals surface area (Å²) in [5, 5.41) is 11.2. The average Bonchev–Trinajstić information content (AvgIpc) is 3.23. The first-order chi connectivity index (χ1) is 16.6. The monoisotopic (exact) mass is 515 g/mol. The van der Waals surface area contributed by atoms with Crippen LogP contribution >= 0.6 is 23.2 Å². The average molecular weight is 516 g/mol. The van der Waals surface area contributed by atoms with Gasteiger partial charge in [-0.1, -0.05) is 75.5 Å². The summed E-state index contributed by atoms with van der Waals surface area (Å²) >= 11 is 12.2. The van der Waals surface area contributed by atoms with Crippen LogP contribution in [0.1, 0.15) is 46.2 Å². The van der Waals surface area contributed by atoms with E-state index in [1.165, 1.54) is 4.90 Å². The second kappa shape index (κ2) is 11.6. The highest BCUT2D eigenvalue weighted by atomic mass is 35.5. The highest BCUT2D eigenvalue weighted by Gasteiger charge is 2.23. The molecule has 0 saturated carbocycles. The number of rotatable bonds is 8. The molecule has 3 rings (SSSR count). The van der Waals surface area contributed by atoms with E-state index in [1.807, 2.05) is 43.3 Å². The lowest BCUT2D eigenvalue weighted by molar-refractivity contribution is -0.116. The van der Waals surface area contributed by atoms with Crippen molar-refractivity contribution in [1.82, 2.24) is 14.7 Å². The minimum atomic E-state index is -0.412. The largest absolute Gasteiger partial charge is 0.322 e. The molecule has 0 aliphatic rings. The highest BCUT2D eigenvalue weighted by molar-refractivity contribution is 6.36. The van der Waals surface area contributed by atoms with Gasteiger partial charge in [0.15, 0.2) is 0 Å². The number of para-hydroxylation sites is 1. The van der Waals surface area contributed by atoms with E-state index in [2.05, 4.69) is 31.4 Å². The number of nitrogens with zero attached hydrogens (tertiary/aromatic N) is 3. The first-order valence-corrected chi connectivity index (χ1v) is 12.3. The molecule has 1 heterocycles. The van der Waals surface area contributed by atoms with E-state index in [0.717, 1.165) is 24.2 Å². The molecule has 3 amide bonds. The molecule has 0 saturated heterocycles. The van der Waals surface area contributed by atoms with Gasteiger partial charge in [0.2, 0.25) is 5.91 Å². The molecule has 0 bridgehead atoms. The number of carbonyl (C=O) groups excluding carboxylic acids is 2. The number of nitrogens with one attached hydrogen (secondary N) is 2. The zero-order chi connectivity index (χ0) is 25.6. The standard InChI is InChI=1S/C26H31Cl2N5O2/c1-5-6-14-32(25(35)29-21-13-12-18(27)15-20(21)28)17-24(34)30-23-16-22(26(2,3)4)31-33(23)19-10-8-7-9-11-19/h7-13,15-16H,5-6,14,17H2,1-4H3,(H,29,35)(H,30,34). The van der Waals surface area contributed by atoms with E-state index >= 15 is 0 Å². The molecule has 0 atom stereocenters. The summed E-state index contributed by atoms with van der Waals surface area (Å²) in [7, 11) is 0. The number of unbranched alkanes of at least 4 members (excludes halogenated alkanes) is 1. The molecule has 0 fully saturated rings. The van der Waals surface area contributed by atoms with Gasteiger partial charge in [-0.2, -0.15) is 5.10 Å². The molecule has 3 aromatic rings. The Morgan fingerprint density at radius 1 is 1.03 bits per heavy atom. The molecule has 186 valence electrons. The predicted molar refractivity (Wildman–Crippen MR) is 143 cm³/mol. The molecular weight excluding hydrogens is 485 g/mol. The summed E-state index contributed by atoms with van der Waals surface area (Å²) in [4.78, 5) is 27.5. The second-order valence-corrected chi connectivity index (χ2v) is 10.1. The van der Waals surface area contributed by atoms with Gasteiger partial charge in [0, 0.05) is 23.0 Å². The van der Waals surface area contributed by atoms with Crippen LogP contribution in [-0.4, -0.2) is 39.7 Å². The molecule has 9 heteroatoms. The van der Waals surface area contributed by atoms with Crippen molar-refractivity contribution in [3.8, 4) is 5.69 Å². The van der Waals surface area contributed by atoms with Crippen molar-refractivity contribution >= 4 is 46.6 Å². The van der Waals surface area contributed by atoms with Gasteiger partial charge in [-0.3, -0.25) is 4.79 Å². The lowest BCUT2D eigenvalue weighted by Gasteiger charge is -2.23. The zero-order valence-corrected chi connectivity index (χ0v) is 22.0. The summed E-state index contributed by atoms with van der Waals surface area (Å²) in [6.45, 7) is 8.52. The van der Waals surface area contributed by atoms with Crippen LogP contribution in [0.2, 0.25) is 10.0 Å². The molecule has 0 aliphatic carbocycles. The van der Waals surface area contributed by atoms with Gasteiger partial charge >= 0.3 is 6.03 Å². The summed E-state index contributed by atoms with van der Waals surface area (Å²) in [5.41, 5.74) is 1.90. The van der Waals surface area contributed by atoms with Crippen LogP contribution in [-0.2, 0) is 10.2 Å². The Labute approximate surface area is 216 Å². The molecule has 35 heavy (non-hydrogen) atoms. The molecule has 2 N–H and O–H groups in total. The summed E-state index contributed by atoms with van der Waals surface area (Å²) in [6.07, 6.45) is 1.63. The van der Waals surface area contributed by atoms with Gasteiger partial charge in [-0.05, 0) is 36.8 Å². The Bertz CT molecular complexity index is 1170. The van der Waals surface area contributed by atoms with Crippen LogP contribution < -0.4 is 10.6 Å². The van der Waals surface area contributed by atoms with Crippen molar-refractivity contribution < 1.29 is 9.59 Å². The number of urea groups is 1. The normalized spacial score (nSPS) is 11.3.